The van der Waals surface area contributed by atoms with Crippen molar-refractivity contribution in [2.24, 2.45) is 5.41 Å². The summed E-state index contributed by atoms with van der Waals surface area (Å²) in [6.07, 6.45) is 3.58. The summed E-state index contributed by atoms with van der Waals surface area (Å²) in [7, 11) is 0. The molecule has 1 heterocycles. The molecule has 1 fully saturated rings. The predicted molar refractivity (Wildman–Crippen MR) is 60.5 cm³/mol. The second-order valence-electron chi connectivity index (χ2n) is 4.65. The van der Waals surface area contributed by atoms with Gasteiger partial charge in [0.25, 0.3) is 0 Å². The maximum atomic E-state index is 5.56. The molecule has 1 N–H and O–H groups in total. The van der Waals surface area contributed by atoms with Crippen LogP contribution in [0.2, 0.25) is 0 Å². The van der Waals surface area contributed by atoms with Gasteiger partial charge in [-0.2, -0.15) is 0 Å². The Bertz CT molecular complexity index is 187. The first-order valence-corrected chi connectivity index (χ1v) is 5.61. The quantitative estimate of drug-likeness (QED) is 0.701. The molecule has 0 aromatic heterocycles. The van der Waals surface area contributed by atoms with E-state index in [1.807, 2.05) is 0 Å². The van der Waals surface area contributed by atoms with Crippen LogP contribution >= 0.6 is 0 Å². The van der Waals surface area contributed by atoms with Gasteiger partial charge in [-0.05, 0) is 38.1 Å². The molecule has 0 amide bonds. The van der Waals surface area contributed by atoms with Gasteiger partial charge < -0.3 is 10.1 Å². The Kier molecular flexibility index (Phi) is 4.63. The van der Waals surface area contributed by atoms with E-state index in [2.05, 4.69) is 25.7 Å². The van der Waals surface area contributed by atoms with Crippen LogP contribution in [0.4, 0.5) is 0 Å². The number of hydrogen-bond donors (Lipinski definition) is 1. The van der Waals surface area contributed by atoms with Crippen molar-refractivity contribution < 1.29 is 4.74 Å². The lowest BCUT2D eigenvalue weighted by Gasteiger charge is -2.32. The van der Waals surface area contributed by atoms with Crippen LogP contribution in [-0.4, -0.2) is 26.3 Å². The Morgan fingerprint density at radius 1 is 1.57 bits per heavy atom. The molecule has 0 aromatic rings. The predicted octanol–water partition coefficient (Wildman–Crippen LogP) is 2.36. The van der Waals surface area contributed by atoms with Gasteiger partial charge in [0, 0.05) is 13.2 Å². The first-order chi connectivity index (χ1) is 6.66. The summed E-state index contributed by atoms with van der Waals surface area (Å²) >= 11 is 0. The van der Waals surface area contributed by atoms with E-state index in [-0.39, 0.29) is 0 Å². The first kappa shape index (κ1) is 11.7. The average Bonchev–Trinajstić information content (AvgIpc) is 2.11. The Labute approximate surface area is 87.7 Å². The molecular formula is C12H23NO. The summed E-state index contributed by atoms with van der Waals surface area (Å²) in [5, 5.41) is 3.39. The van der Waals surface area contributed by atoms with Crippen LogP contribution in [0.15, 0.2) is 12.2 Å². The second-order valence-corrected chi connectivity index (χ2v) is 4.65. The van der Waals surface area contributed by atoms with Crippen molar-refractivity contribution in [3.63, 3.8) is 0 Å². The lowest BCUT2D eigenvalue weighted by Crippen LogP contribution is -2.31. The minimum Gasteiger partial charge on any atom is -0.381 e. The van der Waals surface area contributed by atoms with Gasteiger partial charge >= 0.3 is 0 Å². The van der Waals surface area contributed by atoms with Crippen LogP contribution in [0.3, 0.4) is 0 Å². The molecule has 0 spiro atoms. The highest BCUT2D eigenvalue weighted by atomic mass is 16.5. The van der Waals surface area contributed by atoms with Crippen molar-refractivity contribution in [1.29, 1.82) is 0 Å². The smallest absolute Gasteiger partial charge is 0.0522 e. The maximum Gasteiger partial charge on any atom is 0.0522 e. The van der Waals surface area contributed by atoms with E-state index in [1.54, 1.807) is 0 Å². The molecule has 0 radical (unpaired) electrons. The number of ether oxygens (including phenoxy) is 1. The Balaban J connectivity index is 2.48. The van der Waals surface area contributed by atoms with E-state index in [0.29, 0.717) is 5.41 Å². The van der Waals surface area contributed by atoms with Crippen molar-refractivity contribution in [2.45, 2.75) is 33.1 Å². The zero-order chi connectivity index (χ0) is 10.4. The fourth-order valence-electron chi connectivity index (χ4n) is 2.13. The zero-order valence-electron chi connectivity index (χ0n) is 9.57. The van der Waals surface area contributed by atoms with Crippen molar-refractivity contribution in [3.8, 4) is 0 Å². The van der Waals surface area contributed by atoms with Crippen molar-refractivity contribution in [1.82, 2.24) is 5.32 Å². The fraction of sp³-hybridized carbons (Fsp3) is 0.833. The molecule has 1 rings (SSSR count). The van der Waals surface area contributed by atoms with Gasteiger partial charge in [-0.1, -0.05) is 19.1 Å². The largest absolute Gasteiger partial charge is 0.381 e. The molecule has 1 atom stereocenters. The van der Waals surface area contributed by atoms with E-state index < -0.39 is 0 Å². The van der Waals surface area contributed by atoms with Crippen molar-refractivity contribution >= 4 is 0 Å². The molecule has 1 aliphatic rings. The normalized spacial score (nSPS) is 29.7. The third kappa shape index (κ3) is 3.81. The molecule has 14 heavy (non-hydrogen) atoms. The molecular weight excluding hydrogens is 174 g/mol. The van der Waals surface area contributed by atoms with Gasteiger partial charge in [0.1, 0.15) is 0 Å². The van der Waals surface area contributed by atoms with E-state index in [0.717, 1.165) is 32.7 Å². The summed E-state index contributed by atoms with van der Waals surface area (Å²) < 4.78 is 5.56. The maximum absolute atomic E-state index is 5.56. The number of nitrogens with one attached hydrogen (secondary N) is 1. The fourth-order valence-corrected chi connectivity index (χ4v) is 2.13. The van der Waals surface area contributed by atoms with E-state index in [9.17, 15) is 0 Å². The molecule has 1 aliphatic heterocycles. The van der Waals surface area contributed by atoms with Gasteiger partial charge in [-0.15, -0.1) is 0 Å². The van der Waals surface area contributed by atoms with Gasteiger partial charge in [0.2, 0.25) is 0 Å². The van der Waals surface area contributed by atoms with Crippen LogP contribution in [0, 0.1) is 5.41 Å². The minimum atomic E-state index is 0.315. The summed E-state index contributed by atoms with van der Waals surface area (Å²) in [4.78, 5) is 0. The summed E-state index contributed by atoms with van der Waals surface area (Å²) in [5.74, 6) is 0. The first-order valence-electron chi connectivity index (χ1n) is 5.61. The van der Waals surface area contributed by atoms with Crippen LogP contribution in [0.1, 0.15) is 33.1 Å². The molecule has 1 unspecified atom stereocenters. The molecule has 2 heteroatoms. The Hall–Kier alpha value is -0.340. The third-order valence-corrected chi connectivity index (χ3v) is 2.84. The molecule has 0 saturated carbocycles. The van der Waals surface area contributed by atoms with Gasteiger partial charge in [0.15, 0.2) is 0 Å². The minimum absolute atomic E-state index is 0.315. The summed E-state index contributed by atoms with van der Waals surface area (Å²) in [6, 6.07) is 0. The SMILES string of the molecule is C=C1CNCCCC(C)(COCC)C1. The molecule has 1 saturated heterocycles. The molecule has 82 valence electrons. The summed E-state index contributed by atoms with van der Waals surface area (Å²) in [6.45, 7) is 12.3. The number of hydrogen-bond acceptors (Lipinski definition) is 2. The monoisotopic (exact) mass is 197 g/mol. The highest BCUT2D eigenvalue weighted by Gasteiger charge is 2.26. The van der Waals surface area contributed by atoms with E-state index in [4.69, 9.17) is 4.74 Å². The van der Waals surface area contributed by atoms with Crippen LogP contribution < -0.4 is 5.32 Å². The highest BCUT2D eigenvalue weighted by molar-refractivity contribution is 5.02. The van der Waals surface area contributed by atoms with Gasteiger partial charge in [0.05, 0.1) is 6.61 Å². The van der Waals surface area contributed by atoms with E-state index in [1.165, 1.54) is 18.4 Å². The second kappa shape index (κ2) is 5.52. The topological polar surface area (TPSA) is 21.3 Å². The third-order valence-electron chi connectivity index (χ3n) is 2.84. The number of rotatable bonds is 3. The van der Waals surface area contributed by atoms with Gasteiger partial charge in [-0.3, -0.25) is 0 Å². The summed E-state index contributed by atoms with van der Waals surface area (Å²) in [5.41, 5.74) is 1.63. The lowest BCUT2D eigenvalue weighted by atomic mass is 9.79. The molecule has 0 aromatic carbocycles. The highest BCUT2D eigenvalue weighted by Crippen LogP contribution is 2.31. The molecule has 2 nitrogen and oxygen atoms in total. The standard InChI is InChI=1S/C12H23NO/c1-4-14-10-12(3)6-5-7-13-9-11(2)8-12/h13H,2,4-10H2,1,3H3. The van der Waals surface area contributed by atoms with Crippen LogP contribution in [0.25, 0.3) is 0 Å². The van der Waals surface area contributed by atoms with E-state index >= 15 is 0 Å². The van der Waals surface area contributed by atoms with Crippen molar-refractivity contribution in [3.05, 3.63) is 12.2 Å². The lowest BCUT2D eigenvalue weighted by molar-refractivity contribution is 0.0527. The molecule has 0 bridgehead atoms. The molecule has 0 aliphatic carbocycles. The Morgan fingerprint density at radius 3 is 3.07 bits per heavy atom. The zero-order valence-corrected chi connectivity index (χ0v) is 9.57. The Morgan fingerprint density at radius 2 is 2.36 bits per heavy atom. The van der Waals surface area contributed by atoms with Gasteiger partial charge in [-0.25, -0.2) is 0 Å². The average molecular weight is 197 g/mol. The van der Waals surface area contributed by atoms with Crippen LogP contribution in [-0.2, 0) is 4.74 Å². The van der Waals surface area contributed by atoms with Crippen LogP contribution in [0.5, 0.6) is 0 Å². The van der Waals surface area contributed by atoms with Crippen molar-refractivity contribution in [2.75, 3.05) is 26.3 Å².